The maximum absolute atomic E-state index is 11.5. The van der Waals surface area contributed by atoms with E-state index in [1.54, 1.807) is 13.2 Å². The van der Waals surface area contributed by atoms with Crippen LogP contribution in [0.15, 0.2) is 30.3 Å². The molecule has 0 aliphatic heterocycles. The van der Waals surface area contributed by atoms with Crippen molar-refractivity contribution < 1.29 is 19.2 Å². The van der Waals surface area contributed by atoms with Gasteiger partial charge in [0, 0.05) is 18.1 Å². The maximum Gasteiger partial charge on any atom is 0.330 e. The van der Waals surface area contributed by atoms with Crippen molar-refractivity contribution in [3.05, 3.63) is 35.9 Å². The number of carbonyl (C=O) groups is 1. The highest BCUT2D eigenvalue weighted by Gasteiger charge is 2.01. The van der Waals surface area contributed by atoms with Gasteiger partial charge in [-0.15, -0.1) is 0 Å². The lowest BCUT2D eigenvalue weighted by atomic mass is 10.2. The smallest absolute Gasteiger partial charge is 0.330 e. The van der Waals surface area contributed by atoms with Crippen LogP contribution in [0, 0.1) is 0 Å². The van der Waals surface area contributed by atoms with Crippen molar-refractivity contribution in [2.75, 3.05) is 34.4 Å². The predicted molar refractivity (Wildman–Crippen MR) is 75.3 cm³/mol. The van der Waals surface area contributed by atoms with Crippen LogP contribution < -0.4 is 9.64 Å². The lowest BCUT2D eigenvalue weighted by Crippen LogP contribution is -3.05. The Labute approximate surface area is 114 Å². The molecule has 0 bridgehead atoms. The highest BCUT2D eigenvalue weighted by atomic mass is 16.5. The second kappa shape index (κ2) is 8.32. The quantitative estimate of drug-likeness (QED) is 0.449. The number of nitrogens with one attached hydrogen (secondary N) is 1. The number of hydrogen-bond acceptors (Lipinski definition) is 3. The predicted octanol–water partition coefficient (Wildman–Crippen LogP) is 0.786. The molecular formula is C15H22NO3+. The van der Waals surface area contributed by atoms with Gasteiger partial charge in [-0.1, -0.05) is 18.2 Å². The summed E-state index contributed by atoms with van der Waals surface area (Å²) >= 11 is 0. The van der Waals surface area contributed by atoms with Gasteiger partial charge in [-0.2, -0.15) is 0 Å². The Kier molecular flexibility index (Phi) is 6.68. The van der Waals surface area contributed by atoms with E-state index in [1.165, 1.54) is 11.0 Å². The molecule has 0 heterocycles. The normalized spacial score (nSPS) is 10.9. The highest BCUT2D eigenvalue weighted by molar-refractivity contribution is 5.87. The van der Waals surface area contributed by atoms with Gasteiger partial charge in [0.2, 0.25) is 0 Å². The molecule has 0 fully saturated rings. The Morgan fingerprint density at radius 3 is 2.74 bits per heavy atom. The standard InChI is InChI=1S/C15H21NO3/c1-16(2)11-6-12-19-15(17)10-9-13-7-4-5-8-14(13)18-3/h4-5,7-10H,6,11-12H2,1-3H3/p+1/b10-9+. The van der Waals surface area contributed by atoms with E-state index in [9.17, 15) is 4.79 Å². The van der Waals surface area contributed by atoms with Crippen LogP contribution in [0.25, 0.3) is 6.08 Å². The molecular weight excluding hydrogens is 242 g/mol. The largest absolute Gasteiger partial charge is 0.496 e. The molecule has 0 aromatic heterocycles. The van der Waals surface area contributed by atoms with Gasteiger partial charge in [0.1, 0.15) is 5.75 Å². The van der Waals surface area contributed by atoms with Crippen molar-refractivity contribution in [1.29, 1.82) is 0 Å². The first-order valence-electron chi connectivity index (χ1n) is 6.40. The molecule has 1 aromatic rings. The fraction of sp³-hybridized carbons (Fsp3) is 0.400. The number of carbonyl (C=O) groups excluding carboxylic acids is 1. The number of hydrogen-bond donors (Lipinski definition) is 1. The zero-order valence-corrected chi connectivity index (χ0v) is 11.8. The summed E-state index contributed by atoms with van der Waals surface area (Å²) in [7, 11) is 5.75. The number of esters is 1. The topological polar surface area (TPSA) is 40.0 Å². The molecule has 0 aliphatic carbocycles. The third kappa shape index (κ3) is 6.06. The summed E-state index contributed by atoms with van der Waals surface area (Å²) in [5, 5.41) is 0. The molecule has 0 aliphatic rings. The molecule has 4 heteroatoms. The van der Waals surface area contributed by atoms with E-state index >= 15 is 0 Å². The zero-order valence-electron chi connectivity index (χ0n) is 11.8. The number of quaternary nitrogens is 1. The molecule has 0 unspecified atom stereocenters. The highest BCUT2D eigenvalue weighted by Crippen LogP contribution is 2.18. The molecule has 0 atom stereocenters. The average molecular weight is 264 g/mol. The maximum atomic E-state index is 11.5. The summed E-state index contributed by atoms with van der Waals surface area (Å²) in [6.07, 6.45) is 4.01. The van der Waals surface area contributed by atoms with Gasteiger partial charge in [-0.25, -0.2) is 4.79 Å². The van der Waals surface area contributed by atoms with Crippen LogP contribution in [-0.2, 0) is 9.53 Å². The Balaban J connectivity index is 2.41. The Hall–Kier alpha value is -1.81. The van der Waals surface area contributed by atoms with Gasteiger partial charge in [0.25, 0.3) is 0 Å². The second-order valence-electron chi connectivity index (χ2n) is 4.55. The minimum atomic E-state index is -0.320. The molecule has 0 amide bonds. The SMILES string of the molecule is COc1ccccc1/C=C/C(=O)OCCC[NH+](C)C. The lowest BCUT2D eigenvalue weighted by molar-refractivity contribution is -0.858. The molecule has 4 nitrogen and oxygen atoms in total. The van der Waals surface area contributed by atoms with Crippen LogP contribution in [0.3, 0.4) is 0 Å². The number of para-hydroxylation sites is 1. The molecule has 104 valence electrons. The van der Waals surface area contributed by atoms with Crippen LogP contribution in [0.5, 0.6) is 5.75 Å². The summed E-state index contributed by atoms with van der Waals surface area (Å²) in [4.78, 5) is 12.9. The number of ether oxygens (including phenoxy) is 2. The van der Waals surface area contributed by atoms with E-state index in [4.69, 9.17) is 9.47 Å². The van der Waals surface area contributed by atoms with Crippen molar-refractivity contribution >= 4 is 12.0 Å². The van der Waals surface area contributed by atoms with E-state index in [1.807, 2.05) is 24.3 Å². The van der Waals surface area contributed by atoms with Crippen LogP contribution in [0.1, 0.15) is 12.0 Å². The van der Waals surface area contributed by atoms with Crippen LogP contribution in [0.2, 0.25) is 0 Å². The van der Waals surface area contributed by atoms with Crippen molar-refractivity contribution in [3.63, 3.8) is 0 Å². The van der Waals surface area contributed by atoms with Crippen LogP contribution in [0.4, 0.5) is 0 Å². The van der Waals surface area contributed by atoms with Crippen molar-refractivity contribution in [2.45, 2.75) is 6.42 Å². The molecule has 1 aromatic carbocycles. The van der Waals surface area contributed by atoms with E-state index in [-0.39, 0.29) is 5.97 Å². The monoisotopic (exact) mass is 264 g/mol. The van der Waals surface area contributed by atoms with Crippen LogP contribution in [-0.4, -0.2) is 40.3 Å². The van der Waals surface area contributed by atoms with Gasteiger partial charge in [-0.05, 0) is 12.1 Å². The van der Waals surface area contributed by atoms with Crippen molar-refractivity contribution in [3.8, 4) is 5.75 Å². The lowest BCUT2D eigenvalue weighted by Gasteiger charge is -2.06. The summed E-state index contributed by atoms with van der Waals surface area (Å²) in [5.41, 5.74) is 0.861. The Morgan fingerprint density at radius 1 is 1.32 bits per heavy atom. The summed E-state index contributed by atoms with van der Waals surface area (Å²) < 4.78 is 10.3. The Morgan fingerprint density at radius 2 is 2.05 bits per heavy atom. The van der Waals surface area contributed by atoms with E-state index < -0.39 is 0 Å². The molecule has 1 rings (SSSR count). The number of rotatable bonds is 7. The van der Waals surface area contributed by atoms with E-state index in [0.717, 1.165) is 24.3 Å². The van der Waals surface area contributed by atoms with Crippen LogP contribution >= 0.6 is 0 Å². The molecule has 0 saturated carbocycles. The summed E-state index contributed by atoms with van der Waals surface area (Å²) in [6, 6.07) is 7.52. The van der Waals surface area contributed by atoms with Gasteiger partial charge >= 0.3 is 5.97 Å². The van der Waals surface area contributed by atoms with Gasteiger partial charge in [0.15, 0.2) is 0 Å². The number of methoxy groups -OCH3 is 1. The second-order valence-corrected chi connectivity index (χ2v) is 4.55. The zero-order chi connectivity index (χ0) is 14.1. The first-order valence-corrected chi connectivity index (χ1v) is 6.40. The van der Waals surface area contributed by atoms with Gasteiger partial charge < -0.3 is 14.4 Å². The first kappa shape index (κ1) is 15.2. The van der Waals surface area contributed by atoms with Gasteiger partial charge in [0.05, 0.1) is 34.4 Å². The van der Waals surface area contributed by atoms with E-state index in [0.29, 0.717) is 6.61 Å². The third-order valence-corrected chi connectivity index (χ3v) is 2.60. The summed E-state index contributed by atoms with van der Waals surface area (Å²) in [6.45, 7) is 1.45. The van der Waals surface area contributed by atoms with Crippen molar-refractivity contribution in [2.24, 2.45) is 0 Å². The molecule has 0 spiro atoms. The fourth-order valence-corrected chi connectivity index (χ4v) is 1.61. The minimum Gasteiger partial charge on any atom is -0.496 e. The first-order chi connectivity index (χ1) is 9.13. The van der Waals surface area contributed by atoms with Crippen molar-refractivity contribution in [1.82, 2.24) is 0 Å². The van der Waals surface area contributed by atoms with Gasteiger partial charge in [-0.3, -0.25) is 0 Å². The minimum absolute atomic E-state index is 0.320. The summed E-state index contributed by atoms with van der Waals surface area (Å²) in [5.74, 6) is 0.419. The Bertz CT molecular complexity index is 427. The molecule has 1 N–H and O–H groups in total. The molecule has 19 heavy (non-hydrogen) atoms. The average Bonchev–Trinajstić information content (AvgIpc) is 2.41. The van der Waals surface area contributed by atoms with E-state index in [2.05, 4.69) is 14.1 Å². The fourth-order valence-electron chi connectivity index (χ4n) is 1.61. The third-order valence-electron chi connectivity index (χ3n) is 2.60. The molecule has 0 radical (unpaired) electrons. The molecule has 0 saturated heterocycles. The number of benzene rings is 1.